The molecule has 3 rings (SSSR count). The van der Waals surface area contributed by atoms with Crippen molar-refractivity contribution in [3.8, 4) is 0 Å². The second-order valence-corrected chi connectivity index (χ2v) is 7.52. The van der Waals surface area contributed by atoms with E-state index in [1.165, 1.54) is 4.57 Å². The Morgan fingerprint density at radius 1 is 1.15 bits per heavy atom. The van der Waals surface area contributed by atoms with Crippen molar-refractivity contribution < 1.29 is 4.74 Å². The van der Waals surface area contributed by atoms with Crippen molar-refractivity contribution in [2.24, 2.45) is 5.92 Å². The standard InChI is InChI=1S/C20H28N4O3/c1-13(2)12-24-18(21)16(19(25)22-20(24)26)17(23-8-10-27-11-9-23)15-6-4-14(3)5-7-15/h4-7,13,17H,8-12,21H2,1-3H3,(H,22,25,26)/t17-/m1/s1. The van der Waals surface area contributed by atoms with Crippen LogP contribution in [0.25, 0.3) is 0 Å². The number of anilines is 1. The molecule has 146 valence electrons. The van der Waals surface area contributed by atoms with Gasteiger partial charge in [0, 0.05) is 19.6 Å². The minimum atomic E-state index is -0.459. The van der Waals surface area contributed by atoms with Gasteiger partial charge in [0.05, 0.1) is 24.8 Å². The van der Waals surface area contributed by atoms with Crippen molar-refractivity contribution in [2.45, 2.75) is 33.4 Å². The highest BCUT2D eigenvalue weighted by atomic mass is 16.5. The second kappa shape index (κ2) is 8.10. The molecule has 2 aromatic rings. The van der Waals surface area contributed by atoms with Crippen LogP contribution in [0.3, 0.4) is 0 Å². The summed E-state index contributed by atoms with van der Waals surface area (Å²) in [6.07, 6.45) is 0. The normalized spacial score (nSPS) is 16.6. The Bertz CT molecular complexity index is 893. The second-order valence-electron chi connectivity index (χ2n) is 7.52. The van der Waals surface area contributed by atoms with Crippen molar-refractivity contribution in [1.82, 2.24) is 14.5 Å². The molecular weight excluding hydrogens is 344 g/mol. The number of benzene rings is 1. The quantitative estimate of drug-likeness (QED) is 0.830. The SMILES string of the molecule is Cc1ccc([C@H](c2c(N)n(CC(C)C)c(=O)[nH]c2=O)N2CCOCC2)cc1. The molecule has 27 heavy (non-hydrogen) atoms. The van der Waals surface area contributed by atoms with E-state index in [9.17, 15) is 9.59 Å². The molecule has 1 saturated heterocycles. The van der Waals surface area contributed by atoms with Crippen LogP contribution in [0.1, 0.15) is 36.6 Å². The van der Waals surface area contributed by atoms with Gasteiger partial charge in [-0.2, -0.15) is 0 Å². The molecule has 1 fully saturated rings. The fourth-order valence-electron chi connectivity index (χ4n) is 3.56. The number of H-pyrrole nitrogens is 1. The van der Waals surface area contributed by atoms with E-state index in [4.69, 9.17) is 10.5 Å². The average molecular weight is 372 g/mol. The van der Waals surface area contributed by atoms with Crippen molar-refractivity contribution in [3.05, 3.63) is 61.8 Å². The number of rotatable bonds is 5. The molecule has 1 atom stereocenters. The minimum absolute atomic E-state index is 0.227. The molecule has 0 spiro atoms. The fourth-order valence-corrected chi connectivity index (χ4v) is 3.56. The summed E-state index contributed by atoms with van der Waals surface area (Å²) >= 11 is 0. The van der Waals surface area contributed by atoms with Gasteiger partial charge in [0.15, 0.2) is 0 Å². The first-order chi connectivity index (χ1) is 12.9. The van der Waals surface area contributed by atoms with E-state index in [1.54, 1.807) is 0 Å². The Morgan fingerprint density at radius 3 is 2.37 bits per heavy atom. The lowest BCUT2D eigenvalue weighted by atomic mass is 9.96. The van der Waals surface area contributed by atoms with Crippen LogP contribution in [0, 0.1) is 12.8 Å². The molecule has 0 unspecified atom stereocenters. The van der Waals surface area contributed by atoms with E-state index in [-0.39, 0.29) is 17.8 Å². The lowest BCUT2D eigenvalue weighted by Gasteiger charge is -2.35. The number of ether oxygens (including phenoxy) is 1. The van der Waals surface area contributed by atoms with Gasteiger partial charge in [0.2, 0.25) is 0 Å². The van der Waals surface area contributed by atoms with Gasteiger partial charge >= 0.3 is 5.69 Å². The van der Waals surface area contributed by atoms with E-state index in [0.29, 0.717) is 38.4 Å². The van der Waals surface area contributed by atoms with Crippen LogP contribution in [-0.4, -0.2) is 40.8 Å². The van der Waals surface area contributed by atoms with Gasteiger partial charge in [0.25, 0.3) is 5.56 Å². The highest BCUT2D eigenvalue weighted by Gasteiger charge is 2.30. The van der Waals surface area contributed by atoms with Crippen LogP contribution < -0.4 is 17.0 Å². The van der Waals surface area contributed by atoms with Crippen molar-refractivity contribution >= 4 is 5.82 Å². The van der Waals surface area contributed by atoms with Gasteiger partial charge in [-0.05, 0) is 18.4 Å². The summed E-state index contributed by atoms with van der Waals surface area (Å²) in [4.78, 5) is 29.8. The molecule has 1 aromatic carbocycles. The third kappa shape index (κ3) is 4.14. The first-order valence-electron chi connectivity index (χ1n) is 9.39. The molecule has 1 aliphatic heterocycles. The molecule has 7 nitrogen and oxygen atoms in total. The molecule has 2 heterocycles. The maximum Gasteiger partial charge on any atom is 0.329 e. The van der Waals surface area contributed by atoms with Crippen molar-refractivity contribution in [2.75, 3.05) is 32.0 Å². The van der Waals surface area contributed by atoms with Crippen LogP contribution >= 0.6 is 0 Å². The summed E-state index contributed by atoms with van der Waals surface area (Å²) < 4.78 is 6.96. The number of nitrogen functional groups attached to an aromatic ring is 1. The number of aryl methyl sites for hydroxylation is 1. The zero-order chi connectivity index (χ0) is 19.6. The third-order valence-corrected chi connectivity index (χ3v) is 4.90. The fraction of sp³-hybridized carbons (Fsp3) is 0.500. The van der Waals surface area contributed by atoms with Gasteiger partial charge in [-0.3, -0.25) is 19.2 Å². The summed E-state index contributed by atoms with van der Waals surface area (Å²) in [5, 5.41) is 0. The number of morpholine rings is 1. The first-order valence-corrected chi connectivity index (χ1v) is 9.39. The van der Waals surface area contributed by atoms with E-state index in [1.807, 2.05) is 45.0 Å². The molecular formula is C20H28N4O3. The van der Waals surface area contributed by atoms with Crippen LogP contribution in [0.5, 0.6) is 0 Å². The molecule has 0 amide bonds. The highest BCUT2D eigenvalue weighted by molar-refractivity contribution is 5.46. The number of aromatic nitrogens is 2. The molecule has 1 aromatic heterocycles. The van der Waals surface area contributed by atoms with E-state index in [0.717, 1.165) is 11.1 Å². The van der Waals surface area contributed by atoms with Crippen LogP contribution in [0.4, 0.5) is 5.82 Å². The lowest BCUT2D eigenvalue weighted by Crippen LogP contribution is -2.44. The zero-order valence-electron chi connectivity index (χ0n) is 16.2. The number of nitrogens with one attached hydrogen (secondary N) is 1. The predicted octanol–water partition coefficient (Wildman–Crippen LogP) is 1.50. The molecule has 0 saturated carbocycles. The summed E-state index contributed by atoms with van der Waals surface area (Å²) in [5.41, 5.74) is 8.07. The van der Waals surface area contributed by atoms with Crippen LogP contribution in [0.2, 0.25) is 0 Å². The summed E-state index contributed by atoms with van der Waals surface area (Å²) in [5.74, 6) is 0.472. The van der Waals surface area contributed by atoms with E-state index >= 15 is 0 Å². The first kappa shape index (κ1) is 19.4. The van der Waals surface area contributed by atoms with Crippen LogP contribution in [-0.2, 0) is 11.3 Å². The largest absolute Gasteiger partial charge is 0.385 e. The number of nitrogens with zero attached hydrogens (tertiary/aromatic N) is 2. The molecule has 7 heteroatoms. The van der Waals surface area contributed by atoms with Gasteiger partial charge < -0.3 is 10.5 Å². The molecule has 0 aliphatic carbocycles. The number of aromatic amines is 1. The smallest absolute Gasteiger partial charge is 0.329 e. The zero-order valence-corrected chi connectivity index (χ0v) is 16.2. The minimum Gasteiger partial charge on any atom is -0.385 e. The maximum atomic E-state index is 12.8. The van der Waals surface area contributed by atoms with E-state index < -0.39 is 11.2 Å². The molecule has 0 radical (unpaired) electrons. The number of nitrogens with two attached hydrogens (primary N) is 1. The van der Waals surface area contributed by atoms with Gasteiger partial charge in [-0.15, -0.1) is 0 Å². The Labute approximate surface area is 158 Å². The third-order valence-electron chi connectivity index (χ3n) is 4.90. The summed E-state index contributed by atoms with van der Waals surface area (Å²) in [6.45, 7) is 9.10. The summed E-state index contributed by atoms with van der Waals surface area (Å²) in [6, 6.07) is 7.77. The monoisotopic (exact) mass is 372 g/mol. The molecule has 0 bridgehead atoms. The molecule has 1 aliphatic rings. The molecule has 3 N–H and O–H groups in total. The van der Waals surface area contributed by atoms with Crippen molar-refractivity contribution in [1.29, 1.82) is 0 Å². The number of hydrogen-bond donors (Lipinski definition) is 2. The van der Waals surface area contributed by atoms with Gasteiger partial charge in [0.1, 0.15) is 5.82 Å². The Kier molecular flexibility index (Phi) is 5.82. The topological polar surface area (TPSA) is 93.3 Å². The Morgan fingerprint density at radius 2 is 1.78 bits per heavy atom. The lowest BCUT2D eigenvalue weighted by molar-refractivity contribution is 0.0237. The maximum absolute atomic E-state index is 12.8. The number of hydrogen-bond acceptors (Lipinski definition) is 5. The predicted molar refractivity (Wildman–Crippen MR) is 106 cm³/mol. The van der Waals surface area contributed by atoms with E-state index in [2.05, 4.69) is 9.88 Å². The van der Waals surface area contributed by atoms with Crippen molar-refractivity contribution in [3.63, 3.8) is 0 Å². The van der Waals surface area contributed by atoms with Crippen LogP contribution in [0.15, 0.2) is 33.9 Å². The highest BCUT2D eigenvalue weighted by Crippen LogP contribution is 2.30. The van der Waals surface area contributed by atoms with Gasteiger partial charge in [-0.1, -0.05) is 43.7 Å². The Hall–Kier alpha value is -2.38. The Balaban J connectivity index is 2.18. The summed E-state index contributed by atoms with van der Waals surface area (Å²) in [7, 11) is 0. The average Bonchev–Trinajstić information content (AvgIpc) is 2.64. The van der Waals surface area contributed by atoms with Gasteiger partial charge in [-0.25, -0.2) is 4.79 Å².